The molecule has 0 spiro atoms. The predicted octanol–water partition coefficient (Wildman–Crippen LogP) is 3.29. The summed E-state index contributed by atoms with van der Waals surface area (Å²) in [6.45, 7) is 0. The molecule has 0 aliphatic rings. The van der Waals surface area contributed by atoms with Gasteiger partial charge in [-0.05, 0) is 24.3 Å². The van der Waals surface area contributed by atoms with Gasteiger partial charge >= 0.3 is 0 Å². The fourth-order valence-corrected chi connectivity index (χ4v) is 3.02. The topological polar surface area (TPSA) is 70.0 Å². The van der Waals surface area contributed by atoms with E-state index in [0.717, 1.165) is 24.3 Å². The average molecular weight is 329 g/mol. The first-order valence-electron chi connectivity index (χ1n) is 5.52. The molecule has 0 aromatic heterocycles. The standard InChI is InChI=1S/C13H7ClF2N2O2S/c14-9-3-1-5-11(13(9)16)18-21(19,20)12-6-2-4-10(15)8(12)7-17/h1-6,18H. The van der Waals surface area contributed by atoms with Gasteiger partial charge in [-0.1, -0.05) is 23.7 Å². The van der Waals surface area contributed by atoms with Crippen molar-refractivity contribution in [2.75, 3.05) is 4.72 Å². The predicted molar refractivity (Wildman–Crippen MR) is 73.3 cm³/mol. The Morgan fingerprint density at radius 3 is 2.48 bits per heavy atom. The Hall–Kier alpha value is -2.17. The van der Waals surface area contributed by atoms with E-state index in [1.165, 1.54) is 18.2 Å². The number of sulfonamides is 1. The second-order valence-corrected chi connectivity index (χ2v) is 5.99. The number of hydrogen-bond acceptors (Lipinski definition) is 3. The third-order valence-electron chi connectivity index (χ3n) is 2.57. The molecule has 0 saturated carbocycles. The Morgan fingerprint density at radius 2 is 1.81 bits per heavy atom. The fourth-order valence-electron chi connectivity index (χ4n) is 1.62. The Labute approximate surface area is 124 Å². The molecule has 0 radical (unpaired) electrons. The van der Waals surface area contributed by atoms with Crippen molar-refractivity contribution >= 4 is 27.3 Å². The summed E-state index contributed by atoms with van der Waals surface area (Å²) in [5, 5.41) is 8.58. The van der Waals surface area contributed by atoms with Crippen LogP contribution in [0.15, 0.2) is 41.3 Å². The Morgan fingerprint density at radius 1 is 1.14 bits per heavy atom. The van der Waals surface area contributed by atoms with Crippen molar-refractivity contribution < 1.29 is 17.2 Å². The highest BCUT2D eigenvalue weighted by Crippen LogP contribution is 2.26. The van der Waals surface area contributed by atoms with E-state index in [-0.39, 0.29) is 5.02 Å². The van der Waals surface area contributed by atoms with Gasteiger partial charge in [0.15, 0.2) is 5.82 Å². The van der Waals surface area contributed by atoms with Crippen LogP contribution in [0.5, 0.6) is 0 Å². The molecule has 108 valence electrons. The molecule has 0 bridgehead atoms. The van der Waals surface area contributed by atoms with Gasteiger partial charge in [-0.25, -0.2) is 17.2 Å². The highest BCUT2D eigenvalue weighted by Gasteiger charge is 2.22. The number of nitrogens with zero attached hydrogens (tertiary/aromatic N) is 1. The summed E-state index contributed by atoms with van der Waals surface area (Å²) < 4.78 is 53.4. The lowest BCUT2D eigenvalue weighted by Gasteiger charge is -2.10. The zero-order valence-corrected chi connectivity index (χ0v) is 11.8. The van der Waals surface area contributed by atoms with Crippen molar-refractivity contribution in [1.82, 2.24) is 0 Å². The molecule has 0 amide bonds. The first kappa shape index (κ1) is 15.2. The minimum atomic E-state index is -4.33. The number of hydrogen-bond donors (Lipinski definition) is 1. The summed E-state index contributed by atoms with van der Waals surface area (Å²) in [4.78, 5) is -0.579. The lowest BCUT2D eigenvalue weighted by atomic mass is 10.2. The summed E-state index contributed by atoms with van der Waals surface area (Å²) in [5.41, 5.74) is -1.04. The van der Waals surface area contributed by atoms with E-state index in [1.807, 2.05) is 4.72 Å². The molecule has 1 N–H and O–H groups in total. The van der Waals surface area contributed by atoms with Gasteiger partial charge in [0.05, 0.1) is 10.7 Å². The molecule has 4 nitrogen and oxygen atoms in total. The quantitative estimate of drug-likeness (QED) is 0.939. The van der Waals surface area contributed by atoms with Crippen LogP contribution in [0.4, 0.5) is 14.5 Å². The normalized spacial score (nSPS) is 11.0. The maximum Gasteiger partial charge on any atom is 0.263 e. The molecule has 2 aromatic rings. The van der Waals surface area contributed by atoms with Gasteiger partial charge in [0.2, 0.25) is 0 Å². The second kappa shape index (κ2) is 5.68. The Balaban J connectivity index is 2.52. The number of nitriles is 1. The number of halogens is 3. The molecule has 0 fully saturated rings. The molecule has 0 saturated heterocycles. The van der Waals surface area contributed by atoms with Gasteiger partial charge in [-0.3, -0.25) is 4.72 Å². The Bertz CT molecular complexity index is 848. The van der Waals surface area contributed by atoms with Crippen LogP contribution in [-0.4, -0.2) is 8.42 Å². The van der Waals surface area contributed by atoms with Gasteiger partial charge in [-0.15, -0.1) is 0 Å². The third kappa shape index (κ3) is 2.96. The van der Waals surface area contributed by atoms with Crippen LogP contribution >= 0.6 is 11.6 Å². The van der Waals surface area contributed by atoms with Crippen LogP contribution in [0.25, 0.3) is 0 Å². The average Bonchev–Trinajstić information content (AvgIpc) is 2.43. The fraction of sp³-hybridized carbons (Fsp3) is 0. The van der Waals surface area contributed by atoms with Gasteiger partial charge in [0.1, 0.15) is 22.3 Å². The third-order valence-corrected chi connectivity index (χ3v) is 4.27. The van der Waals surface area contributed by atoms with E-state index in [9.17, 15) is 17.2 Å². The smallest absolute Gasteiger partial charge is 0.263 e. The first-order valence-corrected chi connectivity index (χ1v) is 7.38. The van der Waals surface area contributed by atoms with E-state index in [1.54, 1.807) is 0 Å². The minimum absolute atomic E-state index is 0.269. The lowest BCUT2D eigenvalue weighted by molar-refractivity contribution is 0.592. The molecule has 2 rings (SSSR count). The summed E-state index contributed by atoms with van der Waals surface area (Å²) in [7, 11) is -4.33. The summed E-state index contributed by atoms with van der Waals surface area (Å²) in [6, 6.07) is 8.36. The largest absolute Gasteiger partial charge is 0.277 e. The second-order valence-electron chi connectivity index (χ2n) is 3.93. The monoisotopic (exact) mass is 328 g/mol. The van der Waals surface area contributed by atoms with E-state index >= 15 is 0 Å². The van der Waals surface area contributed by atoms with Crippen molar-refractivity contribution in [1.29, 1.82) is 5.26 Å². The van der Waals surface area contributed by atoms with Crippen LogP contribution in [0.3, 0.4) is 0 Å². The zero-order valence-electron chi connectivity index (χ0n) is 10.3. The van der Waals surface area contributed by atoms with E-state index in [2.05, 4.69) is 0 Å². The summed E-state index contributed by atoms with van der Waals surface area (Å²) in [6.07, 6.45) is 0. The molecule has 0 atom stereocenters. The zero-order chi connectivity index (χ0) is 15.6. The molecule has 0 heterocycles. The van der Waals surface area contributed by atoms with Crippen LogP contribution in [0.2, 0.25) is 5.02 Å². The van der Waals surface area contributed by atoms with Crippen molar-refractivity contribution in [3.05, 3.63) is 58.6 Å². The van der Waals surface area contributed by atoms with Gasteiger partial charge in [0, 0.05) is 0 Å². The highest BCUT2D eigenvalue weighted by molar-refractivity contribution is 7.92. The number of nitrogens with one attached hydrogen (secondary N) is 1. The van der Waals surface area contributed by atoms with Gasteiger partial charge in [-0.2, -0.15) is 5.26 Å². The van der Waals surface area contributed by atoms with Crippen LogP contribution < -0.4 is 4.72 Å². The minimum Gasteiger partial charge on any atom is -0.277 e. The van der Waals surface area contributed by atoms with Crippen molar-refractivity contribution in [3.63, 3.8) is 0 Å². The number of benzene rings is 2. The van der Waals surface area contributed by atoms with Crippen molar-refractivity contribution in [2.45, 2.75) is 4.90 Å². The van der Waals surface area contributed by atoms with Gasteiger partial charge in [0.25, 0.3) is 10.0 Å². The highest BCUT2D eigenvalue weighted by atomic mass is 35.5. The SMILES string of the molecule is N#Cc1c(F)cccc1S(=O)(=O)Nc1cccc(Cl)c1F. The molecule has 21 heavy (non-hydrogen) atoms. The van der Waals surface area contributed by atoms with Gasteiger partial charge < -0.3 is 0 Å². The van der Waals surface area contributed by atoms with Crippen molar-refractivity contribution in [2.24, 2.45) is 0 Å². The molecule has 0 unspecified atom stereocenters. The van der Waals surface area contributed by atoms with Crippen LogP contribution in [0.1, 0.15) is 5.56 Å². The number of rotatable bonds is 3. The van der Waals surface area contributed by atoms with E-state index < -0.39 is 37.8 Å². The maximum atomic E-state index is 13.7. The Kier molecular flexibility index (Phi) is 4.11. The lowest BCUT2D eigenvalue weighted by Crippen LogP contribution is -2.16. The molecule has 2 aromatic carbocycles. The van der Waals surface area contributed by atoms with Crippen LogP contribution in [0, 0.1) is 23.0 Å². The number of anilines is 1. The van der Waals surface area contributed by atoms with Crippen molar-refractivity contribution in [3.8, 4) is 6.07 Å². The summed E-state index contributed by atoms with van der Waals surface area (Å²) in [5.74, 6) is -1.94. The van der Waals surface area contributed by atoms with E-state index in [0.29, 0.717) is 0 Å². The molecule has 0 aliphatic carbocycles. The molecule has 8 heteroatoms. The molecule has 0 aliphatic heterocycles. The molecular formula is C13H7ClF2N2O2S. The maximum absolute atomic E-state index is 13.7. The van der Waals surface area contributed by atoms with E-state index in [4.69, 9.17) is 16.9 Å². The van der Waals surface area contributed by atoms with Crippen LogP contribution in [-0.2, 0) is 10.0 Å². The first-order chi connectivity index (χ1) is 9.86. The molecular weight excluding hydrogens is 322 g/mol. The summed E-state index contributed by atoms with van der Waals surface area (Å²) >= 11 is 5.55.